The summed E-state index contributed by atoms with van der Waals surface area (Å²) in [5.74, 6) is -0.241. The zero-order valence-electron chi connectivity index (χ0n) is 11.5. The molecule has 0 saturated carbocycles. The van der Waals surface area contributed by atoms with Crippen molar-refractivity contribution in [3.63, 3.8) is 0 Å². The Kier molecular flexibility index (Phi) is 4.69. The van der Waals surface area contributed by atoms with E-state index >= 15 is 0 Å². The number of carbonyl (C=O) groups is 1. The van der Waals surface area contributed by atoms with Crippen molar-refractivity contribution < 1.29 is 4.79 Å². The van der Waals surface area contributed by atoms with Gasteiger partial charge in [-0.1, -0.05) is 24.6 Å². The second-order valence-electron chi connectivity index (χ2n) is 4.45. The number of halogens is 1. The van der Waals surface area contributed by atoms with Crippen LogP contribution in [0.25, 0.3) is 0 Å². The first-order valence-corrected chi connectivity index (χ1v) is 6.82. The van der Waals surface area contributed by atoms with Crippen molar-refractivity contribution in [2.24, 2.45) is 0 Å². The minimum absolute atomic E-state index is 0.241. The van der Waals surface area contributed by atoms with Crippen LogP contribution in [0.1, 0.15) is 34.2 Å². The number of aryl methyl sites for hydroxylation is 2. The van der Waals surface area contributed by atoms with Crippen molar-refractivity contribution >= 4 is 17.5 Å². The van der Waals surface area contributed by atoms with E-state index < -0.39 is 0 Å². The molecule has 4 nitrogen and oxygen atoms in total. The molecular weight excluding hydrogens is 274 g/mol. The molecule has 0 radical (unpaired) electrons. The van der Waals surface area contributed by atoms with Crippen LogP contribution in [-0.2, 0) is 13.0 Å². The number of carbonyl (C=O) groups excluding carboxylic acids is 1. The molecule has 20 heavy (non-hydrogen) atoms. The van der Waals surface area contributed by atoms with Gasteiger partial charge in [-0.25, -0.2) is 0 Å². The van der Waals surface area contributed by atoms with E-state index in [4.69, 9.17) is 11.6 Å². The van der Waals surface area contributed by atoms with E-state index in [9.17, 15) is 4.79 Å². The third kappa shape index (κ3) is 3.33. The van der Waals surface area contributed by atoms with Crippen LogP contribution in [0.3, 0.4) is 0 Å². The number of hydrogen-bond donors (Lipinski definition) is 1. The zero-order chi connectivity index (χ0) is 14.5. The Morgan fingerprint density at radius 2 is 2.20 bits per heavy atom. The van der Waals surface area contributed by atoms with Crippen molar-refractivity contribution in [2.75, 3.05) is 0 Å². The lowest BCUT2D eigenvalue weighted by atomic mass is 10.1. The van der Waals surface area contributed by atoms with Gasteiger partial charge in [0.05, 0.1) is 22.8 Å². The molecule has 0 atom stereocenters. The average molecular weight is 290 g/mol. The van der Waals surface area contributed by atoms with Crippen LogP contribution in [0.4, 0.5) is 0 Å². The van der Waals surface area contributed by atoms with Gasteiger partial charge in [0.1, 0.15) is 0 Å². The summed E-state index contributed by atoms with van der Waals surface area (Å²) in [5, 5.41) is 3.23. The third-order valence-electron chi connectivity index (χ3n) is 3.02. The Morgan fingerprint density at radius 1 is 1.40 bits per heavy atom. The molecule has 2 aromatic rings. The standard InChI is InChI=1S/C15H16ClN3O/c1-3-11-5-4-6-17-14(11)9-19-15(20)12-8-18-10(2)7-13(12)16/h4-8H,3,9H2,1-2H3,(H,19,20). The number of pyridine rings is 2. The van der Waals surface area contributed by atoms with Gasteiger partial charge in [-0.15, -0.1) is 0 Å². The fraction of sp³-hybridized carbons (Fsp3) is 0.267. The lowest BCUT2D eigenvalue weighted by Gasteiger charge is -2.09. The van der Waals surface area contributed by atoms with E-state index in [1.54, 1.807) is 12.3 Å². The zero-order valence-corrected chi connectivity index (χ0v) is 12.2. The van der Waals surface area contributed by atoms with E-state index in [1.165, 1.54) is 6.20 Å². The highest BCUT2D eigenvalue weighted by Gasteiger charge is 2.11. The fourth-order valence-electron chi connectivity index (χ4n) is 1.91. The topological polar surface area (TPSA) is 54.9 Å². The van der Waals surface area contributed by atoms with Gasteiger partial charge in [-0.3, -0.25) is 14.8 Å². The van der Waals surface area contributed by atoms with E-state index in [1.807, 2.05) is 19.1 Å². The largest absolute Gasteiger partial charge is 0.346 e. The van der Waals surface area contributed by atoms with Crippen molar-refractivity contribution in [1.82, 2.24) is 15.3 Å². The lowest BCUT2D eigenvalue weighted by molar-refractivity contribution is 0.0950. The van der Waals surface area contributed by atoms with Crippen LogP contribution in [0.15, 0.2) is 30.6 Å². The van der Waals surface area contributed by atoms with E-state index in [0.29, 0.717) is 17.1 Å². The summed E-state index contributed by atoms with van der Waals surface area (Å²) in [6.07, 6.45) is 4.10. The number of nitrogens with one attached hydrogen (secondary N) is 1. The van der Waals surface area contributed by atoms with Gasteiger partial charge in [0.15, 0.2) is 0 Å². The van der Waals surface area contributed by atoms with Crippen molar-refractivity contribution in [2.45, 2.75) is 26.8 Å². The second kappa shape index (κ2) is 6.48. The Labute approximate surface area is 123 Å². The summed E-state index contributed by atoms with van der Waals surface area (Å²) in [6, 6.07) is 5.58. The van der Waals surface area contributed by atoms with Crippen LogP contribution < -0.4 is 5.32 Å². The smallest absolute Gasteiger partial charge is 0.254 e. The number of nitrogens with zero attached hydrogens (tertiary/aromatic N) is 2. The van der Waals surface area contributed by atoms with Gasteiger partial charge in [-0.05, 0) is 31.0 Å². The molecule has 2 rings (SSSR count). The number of rotatable bonds is 4. The lowest BCUT2D eigenvalue weighted by Crippen LogP contribution is -2.24. The molecule has 1 amide bonds. The Bertz CT molecular complexity index is 628. The molecule has 0 aromatic carbocycles. The van der Waals surface area contributed by atoms with Crippen LogP contribution in [-0.4, -0.2) is 15.9 Å². The molecule has 0 aliphatic rings. The molecular formula is C15H16ClN3O. The molecule has 0 saturated heterocycles. The first kappa shape index (κ1) is 14.5. The monoisotopic (exact) mass is 289 g/mol. The summed E-state index contributed by atoms with van der Waals surface area (Å²) >= 11 is 6.05. The van der Waals surface area contributed by atoms with E-state index in [-0.39, 0.29) is 5.91 Å². The van der Waals surface area contributed by atoms with Gasteiger partial charge < -0.3 is 5.32 Å². The fourth-order valence-corrected chi connectivity index (χ4v) is 2.20. The first-order valence-electron chi connectivity index (χ1n) is 6.45. The maximum atomic E-state index is 12.1. The molecule has 0 aliphatic heterocycles. The SMILES string of the molecule is CCc1cccnc1CNC(=O)c1cnc(C)cc1Cl. The normalized spacial score (nSPS) is 10.3. The van der Waals surface area contributed by atoms with Crippen molar-refractivity contribution in [3.8, 4) is 0 Å². The minimum Gasteiger partial charge on any atom is -0.346 e. The molecule has 0 unspecified atom stereocenters. The summed E-state index contributed by atoms with van der Waals surface area (Å²) in [4.78, 5) is 20.5. The highest BCUT2D eigenvalue weighted by molar-refractivity contribution is 6.33. The number of aromatic nitrogens is 2. The molecule has 0 aliphatic carbocycles. The summed E-state index contributed by atoms with van der Waals surface area (Å²) in [7, 11) is 0. The van der Waals surface area contributed by atoms with Crippen molar-refractivity contribution in [3.05, 3.63) is 58.1 Å². The summed E-state index contributed by atoms with van der Waals surface area (Å²) in [5.41, 5.74) is 3.16. The van der Waals surface area contributed by atoms with Crippen LogP contribution in [0.5, 0.6) is 0 Å². The average Bonchev–Trinajstić information content (AvgIpc) is 2.45. The summed E-state index contributed by atoms with van der Waals surface area (Å²) < 4.78 is 0. The predicted octanol–water partition coefficient (Wildman–Crippen LogP) is 2.93. The maximum absolute atomic E-state index is 12.1. The van der Waals surface area contributed by atoms with Gasteiger partial charge in [0, 0.05) is 18.1 Å². The first-order chi connectivity index (χ1) is 9.61. The second-order valence-corrected chi connectivity index (χ2v) is 4.86. The van der Waals surface area contributed by atoms with Crippen LogP contribution in [0, 0.1) is 6.92 Å². The van der Waals surface area contributed by atoms with Gasteiger partial charge in [-0.2, -0.15) is 0 Å². The summed E-state index contributed by atoms with van der Waals surface area (Å²) in [6.45, 7) is 4.27. The molecule has 2 heterocycles. The van der Waals surface area contributed by atoms with E-state index in [2.05, 4.69) is 22.2 Å². The van der Waals surface area contributed by atoms with Gasteiger partial charge in [0.25, 0.3) is 5.91 Å². The molecule has 5 heteroatoms. The maximum Gasteiger partial charge on any atom is 0.254 e. The molecule has 1 N–H and O–H groups in total. The third-order valence-corrected chi connectivity index (χ3v) is 3.33. The number of hydrogen-bond acceptors (Lipinski definition) is 3. The highest BCUT2D eigenvalue weighted by atomic mass is 35.5. The van der Waals surface area contributed by atoms with Crippen LogP contribution >= 0.6 is 11.6 Å². The molecule has 0 spiro atoms. The Morgan fingerprint density at radius 3 is 2.90 bits per heavy atom. The van der Waals surface area contributed by atoms with E-state index in [0.717, 1.165) is 23.4 Å². The van der Waals surface area contributed by atoms with Crippen molar-refractivity contribution in [1.29, 1.82) is 0 Å². The Balaban J connectivity index is 2.09. The molecule has 2 aromatic heterocycles. The van der Waals surface area contributed by atoms with Crippen LogP contribution in [0.2, 0.25) is 5.02 Å². The highest BCUT2D eigenvalue weighted by Crippen LogP contribution is 2.15. The quantitative estimate of drug-likeness (QED) is 0.941. The molecule has 104 valence electrons. The van der Waals surface area contributed by atoms with Gasteiger partial charge >= 0.3 is 0 Å². The molecule has 0 bridgehead atoms. The predicted molar refractivity (Wildman–Crippen MR) is 78.8 cm³/mol. The molecule has 0 fully saturated rings. The van der Waals surface area contributed by atoms with Gasteiger partial charge in [0.2, 0.25) is 0 Å². The Hall–Kier alpha value is -1.94. The minimum atomic E-state index is -0.241. The number of amides is 1.